The van der Waals surface area contributed by atoms with Crippen molar-refractivity contribution in [2.24, 2.45) is 0 Å². The molecule has 0 aromatic rings. The number of urea groups is 1. The van der Waals surface area contributed by atoms with E-state index in [1.54, 1.807) is 0 Å². The summed E-state index contributed by atoms with van der Waals surface area (Å²) in [5.74, 6) is 0. The van der Waals surface area contributed by atoms with E-state index in [4.69, 9.17) is 9.84 Å². The number of nitrogens with one attached hydrogen (secondary N) is 2. The number of rotatable bonds is 5. The maximum absolute atomic E-state index is 11.5. The van der Waals surface area contributed by atoms with Crippen molar-refractivity contribution in [1.29, 1.82) is 0 Å². The van der Waals surface area contributed by atoms with E-state index in [0.29, 0.717) is 6.54 Å². The van der Waals surface area contributed by atoms with E-state index in [0.717, 1.165) is 12.8 Å². The van der Waals surface area contributed by atoms with E-state index in [1.807, 2.05) is 6.92 Å². The monoisotopic (exact) mass is 278 g/mol. The van der Waals surface area contributed by atoms with Crippen molar-refractivity contribution in [2.75, 3.05) is 13.2 Å². The molecule has 0 aliphatic carbocycles. The highest BCUT2D eigenvalue weighted by Crippen LogP contribution is 2.19. The molecular weight excluding hydrogens is 256 g/mol. The van der Waals surface area contributed by atoms with Crippen LogP contribution in [0.5, 0.6) is 0 Å². The van der Waals surface area contributed by atoms with Crippen LogP contribution >= 0.6 is 0 Å². The second kappa shape index (κ2) is 7.61. The Hall–Kier alpha value is -0.930. The van der Waals surface area contributed by atoms with Crippen LogP contribution in [-0.4, -0.2) is 70.3 Å². The molecule has 6 N–H and O–H groups in total. The van der Waals surface area contributed by atoms with Gasteiger partial charge in [-0.05, 0) is 6.42 Å². The van der Waals surface area contributed by atoms with E-state index < -0.39 is 43.3 Å². The van der Waals surface area contributed by atoms with Crippen LogP contribution in [0.2, 0.25) is 0 Å². The first-order chi connectivity index (χ1) is 9.01. The van der Waals surface area contributed by atoms with Crippen molar-refractivity contribution in [2.45, 2.75) is 50.4 Å². The number of hydrogen-bond acceptors (Lipinski definition) is 6. The highest BCUT2D eigenvalue weighted by molar-refractivity contribution is 5.74. The predicted octanol–water partition coefficient (Wildman–Crippen LogP) is -2.11. The van der Waals surface area contributed by atoms with Gasteiger partial charge < -0.3 is 35.8 Å². The molecule has 0 radical (unpaired) electrons. The van der Waals surface area contributed by atoms with Crippen LogP contribution in [0.15, 0.2) is 0 Å². The zero-order valence-corrected chi connectivity index (χ0v) is 10.8. The van der Waals surface area contributed by atoms with E-state index in [1.165, 1.54) is 0 Å². The zero-order valence-electron chi connectivity index (χ0n) is 10.8. The van der Waals surface area contributed by atoms with Crippen molar-refractivity contribution in [1.82, 2.24) is 10.6 Å². The molecule has 8 nitrogen and oxygen atoms in total. The summed E-state index contributed by atoms with van der Waals surface area (Å²) in [6.07, 6.45) is -4.85. The Balaban J connectivity index is 2.49. The Morgan fingerprint density at radius 1 is 1.21 bits per heavy atom. The summed E-state index contributed by atoms with van der Waals surface area (Å²) in [6, 6.07) is -0.544. The second-order valence-corrected chi connectivity index (χ2v) is 4.50. The molecular formula is C11H22N2O6. The lowest BCUT2D eigenvalue weighted by Crippen LogP contribution is -2.64. The first kappa shape index (κ1) is 16.1. The Bertz CT molecular complexity index is 288. The topological polar surface area (TPSA) is 131 Å². The molecule has 1 rings (SSSR count). The van der Waals surface area contributed by atoms with Gasteiger partial charge in [0.25, 0.3) is 0 Å². The van der Waals surface area contributed by atoms with Gasteiger partial charge in [0.05, 0.1) is 6.61 Å². The number of hydrogen-bond donors (Lipinski definition) is 6. The molecule has 0 spiro atoms. The van der Waals surface area contributed by atoms with Crippen molar-refractivity contribution < 1.29 is 30.0 Å². The normalized spacial score (nSPS) is 34.9. The number of aliphatic hydroxyl groups excluding tert-OH is 4. The Labute approximate surface area is 111 Å². The van der Waals surface area contributed by atoms with Crippen LogP contribution in [0, 0.1) is 0 Å². The third-order valence-electron chi connectivity index (χ3n) is 2.98. The maximum atomic E-state index is 11.5. The minimum Gasteiger partial charge on any atom is -0.394 e. The Morgan fingerprint density at radius 2 is 1.89 bits per heavy atom. The first-order valence-electron chi connectivity index (χ1n) is 6.36. The summed E-state index contributed by atoms with van der Waals surface area (Å²) in [6.45, 7) is 1.94. The Morgan fingerprint density at radius 3 is 2.47 bits per heavy atom. The van der Waals surface area contributed by atoms with Crippen molar-refractivity contribution >= 4 is 6.03 Å². The summed E-state index contributed by atoms with van der Waals surface area (Å²) in [5.41, 5.74) is 0. The van der Waals surface area contributed by atoms with Crippen molar-refractivity contribution in [3.63, 3.8) is 0 Å². The first-order valence-corrected chi connectivity index (χ1v) is 6.36. The molecule has 5 atom stereocenters. The summed E-state index contributed by atoms with van der Waals surface area (Å²) < 4.78 is 5.13. The van der Waals surface area contributed by atoms with Crippen molar-refractivity contribution in [3.8, 4) is 0 Å². The number of ether oxygens (including phenoxy) is 1. The molecule has 1 heterocycles. The lowest BCUT2D eigenvalue weighted by atomic mass is 9.98. The molecule has 0 bridgehead atoms. The fraction of sp³-hybridized carbons (Fsp3) is 0.909. The van der Waals surface area contributed by atoms with Gasteiger partial charge in [-0.25, -0.2) is 4.79 Å². The van der Waals surface area contributed by atoms with E-state index in [9.17, 15) is 20.1 Å². The van der Waals surface area contributed by atoms with E-state index in [-0.39, 0.29) is 0 Å². The number of carbonyl (C=O) groups excluding carboxylic acids is 1. The molecule has 19 heavy (non-hydrogen) atoms. The summed E-state index contributed by atoms with van der Waals surface area (Å²) >= 11 is 0. The highest BCUT2D eigenvalue weighted by Gasteiger charge is 2.43. The molecule has 112 valence electrons. The van der Waals surface area contributed by atoms with Crippen LogP contribution in [0.4, 0.5) is 4.79 Å². The van der Waals surface area contributed by atoms with Crippen LogP contribution in [-0.2, 0) is 4.74 Å². The van der Waals surface area contributed by atoms with Crippen LogP contribution in [0.25, 0.3) is 0 Å². The summed E-state index contributed by atoms with van der Waals surface area (Å²) in [5, 5.41) is 42.7. The van der Waals surface area contributed by atoms with Gasteiger partial charge in [-0.1, -0.05) is 13.3 Å². The highest BCUT2D eigenvalue weighted by atomic mass is 16.6. The lowest BCUT2D eigenvalue weighted by Gasteiger charge is -2.40. The Kier molecular flexibility index (Phi) is 6.46. The molecule has 1 aliphatic rings. The minimum atomic E-state index is -1.49. The number of amides is 2. The van der Waals surface area contributed by atoms with Crippen LogP contribution in [0.3, 0.4) is 0 Å². The third-order valence-corrected chi connectivity index (χ3v) is 2.98. The smallest absolute Gasteiger partial charge is 0.316 e. The molecule has 1 fully saturated rings. The van der Waals surface area contributed by atoms with E-state index >= 15 is 0 Å². The lowest BCUT2D eigenvalue weighted by molar-refractivity contribution is -0.233. The molecule has 8 heteroatoms. The van der Waals surface area contributed by atoms with Gasteiger partial charge in [-0.3, -0.25) is 0 Å². The largest absolute Gasteiger partial charge is 0.394 e. The fourth-order valence-electron chi connectivity index (χ4n) is 1.78. The van der Waals surface area contributed by atoms with Gasteiger partial charge in [-0.15, -0.1) is 0 Å². The van der Waals surface area contributed by atoms with E-state index in [2.05, 4.69) is 10.6 Å². The van der Waals surface area contributed by atoms with Gasteiger partial charge in [0.15, 0.2) is 6.23 Å². The number of carbonyl (C=O) groups is 1. The predicted molar refractivity (Wildman–Crippen MR) is 65.2 cm³/mol. The standard InChI is InChI=1S/C11H22N2O6/c1-2-3-4-12-11(18)13-10-9(17)8(16)7(15)6(5-14)19-10/h6-10,14-17H,2-5H2,1H3,(H2,12,13,18)/t6-,7-,8+,9-,10+/m1/s1. The number of unbranched alkanes of at least 4 members (excludes halogenated alkanes) is 1. The molecule has 2 amide bonds. The third kappa shape index (κ3) is 4.29. The molecule has 1 saturated heterocycles. The zero-order chi connectivity index (χ0) is 14.4. The average Bonchev–Trinajstić information content (AvgIpc) is 2.39. The minimum absolute atomic E-state index is 0.486. The molecule has 0 aromatic carbocycles. The number of aliphatic hydroxyl groups is 4. The van der Waals surface area contributed by atoms with Crippen LogP contribution < -0.4 is 10.6 Å². The molecule has 1 aliphatic heterocycles. The van der Waals surface area contributed by atoms with Crippen molar-refractivity contribution in [3.05, 3.63) is 0 Å². The molecule has 0 aromatic heterocycles. The van der Waals surface area contributed by atoms with Gasteiger partial charge in [0, 0.05) is 6.54 Å². The fourth-order valence-corrected chi connectivity index (χ4v) is 1.78. The summed E-state index contributed by atoms with van der Waals surface area (Å²) in [7, 11) is 0. The van der Waals surface area contributed by atoms with Gasteiger partial charge in [-0.2, -0.15) is 0 Å². The molecule has 0 saturated carbocycles. The second-order valence-electron chi connectivity index (χ2n) is 4.50. The van der Waals surface area contributed by atoms with Gasteiger partial charge >= 0.3 is 6.03 Å². The van der Waals surface area contributed by atoms with Crippen LogP contribution in [0.1, 0.15) is 19.8 Å². The quantitative estimate of drug-likeness (QED) is 0.319. The summed E-state index contributed by atoms with van der Waals surface area (Å²) in [4.78, 5) is 11.5. The average molecular weight is 278 g/mol. The van der Waals surface area contributed by atoms with Gasteiger partial charge in [0.1, 0.15) is 24.4 Å². The SMILES string of the molecule is CCCCNC(=O)N[C@H]1O[C@H](CO)[C@@H](O)[C@H](O)[C@H]1O. The molecule has 0 unspecified atom stereocenters. The maximum Gasteiger partial charge on any atom is 0.316 e. The van der Waals surface area contributed by atoms with Gasteiger partial charge in [0.2, 0.25) is 0 Å².